The predicted molar refractivity (Wildman–Crippen MR) is 93.7 cm³/mol. The number of carboxylic acids is 1. The minimum atomic E-state index is -1.36. The van der Waals surface area contributed by atoms with Gasteiger partial charge in [0.05, 0.1) is 35.9 Å². The summed E-state index contributed by atoms with van der Waals surface area (Å²) < 4.78 is 4.03. The molecule has 140 valence electrons. The van der Waals surface area contributed by atoms with Crippen molar-refractivity contribution in [1.82, 2.24) is 9.30 Å². The molecule has 0 bridgehead atoms. The Labute approximate surface area is 156 Å². The van der Waals surface area contributed by atoms with Gasteiger partial charge in [0.2, 0.25) is 5.91 Å². The SMILES string of the molecule is C[C@@H](O)[C@H]1C(=O)N2C(C(=O)[O-])=C(/C=C/C[n+]3ccn4ccccc43)[C@H](C)[C@H]12. The number of carboxylic acid groups (broad SMARTS) is 1. The van der Waals surface area contributed by atoms with E-state index in [0.717, 1.165) is 5.65 Å². The molecular formula is C20H21N3O4. The lowest BCUT2D eigenvalue weighted by atomic mass is 9.78. The summed E-state index contributed by atoms with van der Waals surface area (Å²) >= 11 is 0. The molecule has 0 saturated carbocycles. The maximum absolute atomic E-state index is 12.3. The van der Waals surface area contributed by atoms with Gasteiger partial charge in [-0.05, 0) is 24.6 Å². The number of β-lactam (4-membered cyclic amide) rings is 1. The van der Waals surface area contributed by atoms with Gasteiger partial charge in [-0.1, -0.05) is 19.1 Å². The fourth-order valence-corrected chi connectivity index (χ4v) is 4.30. The number of pyridine rings is 1. The van der Waals surface area contributed by atoms with Crippen molar-refractivity contribution in [3.63, 3.8) is 0 Å². The second kappa shape index (κ2) is 6.35. The second-order valence-electron chi connectivity index (χ2n) is 7.16. The van der Waals surface area contributed by atoms with Crippen molar-refractivity contribution in [3.8, 4) is 0 Å². The van der Waals surface area contributed by atoms with Gasteiger partial charge in [0.25, 0.3) is 5.65 Å². The van der Waals surface area contributed by atoms with Crippen LogP contribution in [0.15, 0.2) is 60.2 Å². The summed E-state index contributed by atoms with van der Waals surface area (Å²) in [7, 11) is 0. The molecule has 4 heterocycles. The van der Waals surface area contributed by atoms with Crippen LogP contribution in [0.3, 0.4) is 0 Å². The molecule has 7 nitrogen and oxygen atoms in total. The number of aliphatic hydroxyl groups excluding tert-OH is 1. The monoisotopic (exact) mass is 367 g/mol. The van der Waals surface area contributed by atoms with Crippen LogP contribution in [-0.4, -0.2) is 38.4 Å². The summed E-state index contributed by atoms with van der Waals surface area (Å²) in [5.74, 6) is -2.45. The minimum Gasteiger partial charge on any atom is -0.543 e. The highest BCUT2D eigenvalue weighted by Gasteiger charge is 2.58. The maximum atomic E-state index is 12.3. The Morgan fingerprint density at radius 3 is 2.89 bits per heavy atom. The van der Waals surface area contributed by atoms with Crippen molar-refractivity contribution in [2.45, 2.75) is 32.5 Å². The highest BCUT2D eigenvalue weighted by Crippen LogP contribution is 2.47. The molecule has 0 aromatic carbocycles. The van der Waals surface area contributed by atoms with Crippen molar-refractivity contribution >= 4 is 17.5 Å². The molecule has 7 heteroatoms. The first-order chi connectivity index (χ1) is 12.9. The van der Waals surface area contributed by atoms with E-state index >= 15 is 0 Å². The number of imidazole rings is 1. The lowest BCUT2D eigenvalue weighted by Gasteiger charge is -2.47. The van der Waals surface area contributed by atoms with Crippen molar-refractivity contribution < 1.29 is 24.4 Å². The van der Waals surface area contributed by atoms with Gasteiger partial charge in [-0.3, -0.25) is 4.79 Å². The number of carbonyl (C=O) groups excluding carboxylic acids is 2. The van der Waals surface area contributed by atoms with E-state index in [-0.39, 0.29) is 23.6 Å². The van der Waals surface area contributed by atoms with Crippen molar-refractivity contribution in [2.24, 2.45) is 11.8 Å². The zero-order chi connectivity index (χ0) is 19.3. The van der Waals surface area contributed by atoms with E-state index in [1.807, 2.05) is 58.8 Å². The van der Waals surface area contributed by atoms with Crippen LogP contribution in [0.4, 0.5) is 0 Å². The Morgan fingerprint density at radius 1 is 1.41 bits per heavy atom. The first kappa shape index (κ1) is 17.5. The molecule has 0 unspecified atom stereocenters. The van der Waals surface area contributed by atoms with Crippen molar-refractivity contribution in [1.29, 1.82) is 0 Å². The van der Waals surface area contributed by atoms with Crippen LogP contribution in [0.25, 0.3) is 5.65 Å². The van der Waals surface area contributed by atoms with Crippen molar-refractivity contribution in [3.05, 3.63) is 60.2 Å². The molecule has 2 aliphatic heterocycles. The average Bonchev–Trinajstić information content (AvgIpc) is 3.13. The van der Waals surface area contributed by atoms with E-state index < -0.39 is 18.0 Å². The molecule has 4 atom stereocenters. The Kier molecular flexibility index (Phi) is 4.11. The van der Waals surface area contributed by atoms with E-state index in [4.69, 9.17) is 0 Å². The predicted octanol–water partition coefficient (Wildman–Crippen LogP) is -0.355. The molecule has 1 amide bonds. The van der Waals surface area contributed by atoms with E-state index in [1.54, 1.807) is 13.0 Å². The highest BCUT2D eigenvalue weighted by atomic mass is 16.4. The third-order valence-corrected chi connectivity index (χ3v) is 5.59. The van der Waals surface area contributed by atoms with E-state index in [1.165, 1.54) is 4.90 Å². The van der Waals surface area contributed by atoms with Crippen LogP contribution in [0.5, 0.6) is 0 Å². The number of rotatable bonds is 5. The van der Waals surface area contributed by atoms with Gasteiger partial charge < -0.3 is 19.9 Å². The summed E-state index contributed by atoms with van der Waals surface area (Å²) in [6.45, 7) is 4.01. The fourth-order valence-electron chi connectivity index (χ4n) is 4.30. The summed E-state index contributed by atoms with van der Waals surface area (Å²) in [6.07, 6.45) is 8.70. The van der Waals surface area contributed by atoms with Crippen LogP contribution in [0, 0.1) is 11.8 Å². The number of fused-ring (bicyclic) bond motifs is 2. The third kappa shape index (κ3) is 2.57. The molecule has 0 spiro atoms. The third-order valence-electron chi connectivity index (χ3n) is 5.59. The van der Waals surface area contributed by atoms with Gasteiger partial charge in [-0.15, -0.1) is 0 Å². The van der Waals surface area contributed by atoms with Gasteiger partial charge in [0.15, 0.2) is 0 Å². The van der Waals surface area contributed by atoms with Crippen molar-refractivity contribution in [2.75, 3.05) is 0 Å². The fraction of sp³-hybridized carbons (Fsp3) is 0.350. The summed E-state index contributed by atoms with van der Waals surface area (Å²) in [4.78, 5) is 25.3. The zero-order valence-electron chi connectivity index (χ0n) is 15.1. The first-order valence-corrected chi connectivity index (χ1v) is 9.00. The second-order valence-corrected chi connectivity index (χ2v) is 7.16. The topological polar surface area (TPSA) is 89.0 Å². The molecule has 1 N–H and O–H groups in total. The van der Waals surface area contributed by atoms with Gasteiger partial charge in [0, 0.05) is 12.0 Å². The van der Waals surface area contributed by atoms with Gasteiger partial charge in [-0.2, -0.15) is 0 Å². The minimum absolute atomic E-state index is 0.0719. The molecule has 1 fully saturated rings. The number of aromatic nitrogens is 2. The smallest absolute Gasteiger partial charge is 0.286 e. The number of allylic oxidation sites excluding steroid dienone is 2. The Balaban J connectivity index is 1.61. The van der Waals surface area contributed by atoms with Gasteiger partial charge >= 0.3 is 0 Å². The quantitative estimate of drug-likeness (QED) is 0.578. The van der Waals surface area contributed by atoms with Gasteiger partial charge in [0.1, 0.15) is 18.9 Å². The van der Waals surface area contributed by atoms with Crippen LogP contribution < -0.4 is 9.67 Å². The Bertz CT molecular complexity index is 988. The molecular weight excluding hydrogens is 346 g/mol. The van der Waals surface area contributed by atoms with Crippen LogP contribution >= 0.6 is 0 Å². The first-order valence-electron chi connectivity index (χ1n) is 9.00. The highest BCUT2D eigenvalue weighted by molar-refractivity contribution is 5.99. The molecule has 0 aliphatic carbocycles. The lowest BCUT2D eigenvalue weighted by molar-refractivity contribution is -0.660. The van der Waals surface area contributed by atoms with E-state index in [0.29, 0.717) is 12.1 Å². The van der Waals surface area contributed by atoms with Crippen LogP contribution in [0.1, 0.15) is 13.8 Å². The molecule has 1 saturated heterocycles. The zero-order valence-corrected chi connectivity index (χ0v) is 15.1. The standard InChI is InChI=1S/C20H21N3O4/c1-12-14(6-5-9-22-11-10-21-8-4-3-7-15(21)22)18(20(26)27)23-17(12)16(13(2)24)19(23)25/h3-8,10-13,16-17,24H,9H2,1-2H3/b6-5+/t12-,13+,16+,17+/m0/s1. The number of hydrogen-bond donors (Lipinski definition) is 1. The molecule has 4 rings (SSSR count). The maximum Gasteiger partial charge on any atom is 0.286 e. The average molecular weight is 367 g/mol. The molecule has 2 aromatic rings. The Morgan fingerprint density at radius 2 is 2.19 bits per heavy atom. The summed E-state index contributed by atoms with van der Waals surface area (Å²) in [6, 6.07) is 5.57. The van der Waals surface area contributed by atoms with E-state index in [2.05, 4.69) is 0 Å². The molecule has 2 aromatic heterocycles. The summed E-state index contributed by atoms with van der Waals surface area (Å²) in [5.41, 5.74) is 1.52. The summed E-state index contributed by atoms with van der Waals surface area (Å²) in [5, 5.41) is 21.5. The Hall–Kier alpha value is -2.93. The number of nitrogens with zero attached hydrogens (tertiary/aromatic N) is 3. The number of aliphatic hydroxyl groups is 1. The number of amides is 1. The normalized spacial score (nSPS) is 26.0. The van der Waals surface area contributed by atoms with Crippen LogP contribution in [0.2, 0.25) is 0 Å². The number of hydrogen-bond acceptors (Lipinski definition) is 4. The molecule has 0 radical (unpaired) electrons. The lowest BCUT2D eigenvalue weighted by Crippen LogP contribution is -2.64. The van der Waals surface area contributed by atoms with Crippen LogP contribution in [-0.2, 0) is 16.1 Å². The molecule has 2 aliphatic rings. The van der Waals surface area contributed by atoms with E-state index in [9.17, 15) is 19.8 Å². The molecule has 27 heavy (non-hydrogen) atoms. The number of aliphatic carboxylic acids is 1. The van der Waals surface area contributed by atoms with Gasteiger partial charge in [-0.25, -0.2) is 8.97 Å². The largest absolute Gasteiger partial charge is 0.543 e. The number of carbonyl (C=O) groups is 2.